The molecule has 8 nitrogen and oxygen atoms in total. The fourth-order valence-corrected chi connectivity index (χ4v) is 4.55. The maximum atomic E-state index is 15.3. The number of ether oxygens (including phenoxy) is 2. The fourth-order valence-electron chi connectivity index (χ4n) is 3.83. The molecule has 1 aliphatic carbocycles. The van der Waals surface area contributed by atoms with Gasteiger partial charge in [0.05, 0.1) is 53.6 Å². The molecule has 2 heterocycles. The fraction of sp³-hybridized carbons (Fsp3) is 0.440. The summed E-state index contributed by atoms with van der Waals surface area (Å²) in [5.74, 6) is -0.709. The van der Waals surface area contributed by atoms with E-state index in [1.165, 1.54) is 12.7 Å². The van der Waals surface area contributed by atoms with Crippen LogP contribution in [0.2, 0.25) is 5.02 Å². The van der Waals surface area contributed by atoms with Gasteiger partial charge >= 0.3 is 0 Å². The first-order valence-electron chi connectivity index (χ1n) is 11.9. The van der Waals surface area contributed by atoms with Crippen LogP contribution in [0.4, 0.5) is 15.8 Å². The van der Waals surface area contributed by atoms with Crippen molar-refractivity contribution in [2.75, 3.05) is 25.1 Å². The van der Waals surface area contributed by atoms with E-state index in [0.29, 0.717) is 28.8 Å². The van der Waals surface area contributed by atoms with Crippen LogP contribution in [0.1, 0.15) is 43.0 Å². The van der Waals surface area contributed by atoms with Crippen molar-refractivity contribution in [1.82, 2.24) is 15.0 Å². The summed E-state index contributed by atoms with van der Waals surface area (Å²) in [4.78, 5) is 22.3. The summed E-state index contributed by atoms with van der Waals surface area (Å²) in [7, 11) is 1.74. The summed E-state index contributed by atoms with van der Waals surface area (Å²) in [6.45, 7) is 4.05. The van der Waals surface area contributed by atoms with Crippen LogP contribution in [-0.4, -0.2) is 41.6 Å². The zero-order chi connectivity index (χ0) is 25.7. The number of fused-ring (bicyclic) bond motifs is 1. The number of aromatic nitrogens is 2. The molecule has 0 spiro atoms. The Labute approximate surface area is 222 Å². The van der Waals surface area contributed by atoms with E-state index >= 15 is 4.39 Å². The highest BCUT2D eigenvalue weighted by molar-refractivity contribution is 9.10. The minimum Gasteiger partial charge on any atom is -0.351 e. The standard InChI is InChI=1S/C20H19BrClFN4O2.C5H10O2/c1-27-10-24-19-16(27)8-13(20(28)26-29-9-11-3-2-4-11)18(17(19)23)25-15-6-5-12(21)7-14(15)22;1-2-5-6-3-4-7-5/h5-8,10-11,25H,2-4,9H2,1H3,(H,26,28);5H,2-4H2,1H3. The highest BCUT2D eigenvalue weighted by atomic mass is 79.9. The lowest BCUT2D eigenvalue weighted by molar-refractivity contribution is -0.0430. The molecule has 1 amide bonds. The second-order valence-corrected chi connectivity index (χ2v) is 10.0. The number of carbonyl (C=O) groups is 1. The van der Waals surface area contributed by atoms with Crippen molar-refractivity contribution in [1.29, 1.82) is 0 Å². The molecule has 1 aliphatic heterocycles. The van der Waals surface area contributed by atoms with Gasteiger partial charge in [-0.3, -0.25) is 9.63 Å². The monoisotopic (exact) mass is 582 g/mol. The molecule has 1 saturated heterocycles. The van der Waals surface area contributed by atoms with Crippen molar-refractivity contribution in [3.05, 3.63) is 51.5 Å². The number of benzene rings is 2. The van der Waals surface area contributed by atoms with Crippen molar-refractivity contribution in [2.24, 2.45) is 13.0 Å². The lowest BCUT2D eigenvalue weighted by Gasteiger charge is -2.24. The average molecular weight is 584 g/mol. The Morgan fingerprint density at radius 2 is 2.06 bits per heavy atom. The van der Waals surface area contributed by atoms with Gasteiger partial charge in [0.2, 0.25) is 0 Å². The van der Waals surface area contributed by atoms with Crippen LogP contribution in [0.15, 0.2) is 35.1 Å². The average Bonchev–Trinajstić information content (AvgIpc) is 3.49. The zero-order valence-electron chi connectivity index (χ0n) is 20.2. The lowest BCUT2D eigenvalue weighted by atomic mass is 9.86. The van der Waals surface area contributed by atoms with Gasteiger partial charge in [-0.15, -0.1) is 0 Å². The van der Waals surface area contributed by atoms with E-state index in [2.05, 4.69) is 38.6 Å². The van der Waals surface area contributed by atoms with E-state index in [1.807, 2.05) is 0 Å². The molecule has 11 heteroatoms. The molecule has 2 N–H and O–H groups in total. The van der Waals surface area contributed by atoms with E-state index in [0.717, 1.165) is 36.9 Å². The molecular weight excluding hydrogens is 555 g/mol. The summed E-state index contributed by atoms with van der Waals surface area (Å²) in [6, 6.07) is 6.74. The summed E-state index contributed by atoms with van der Waals surface area (Å²) in [5, 5.41) is 3.33. The van der Waals surface area contributed by atoms with Crippen LogP contribution < -0.4 is 10.8 Å². The predicted molar refractivity (Wildman–Crippen MR) is 140 cm³/mol. The van der Waals surface area contributed by atoms with Gasteiger partial charge in [-0.2, -0.15) is 0 Å². The molecule has 0 bridgehead atoms. The number of hydroxylamine groups is 1. The smallest absolute Gasteiger partial charge is 0.277 e. The third kappa shape index (κ3) is 6.36. The molecule has 36 heavy (non-hydrogen) atoms. The Bertz CT molecular complexity index is 1210. The highest BCUT2D eigenvalue weighted by Gasteiger charge is 2.23. The maximum absolute atomic E-state index is 15.3. The predicted octanol–water partition coefficient (Wildman–Crippen LogP) is 6.10. The maximum Gasteiger partial charge on any atom is 0.277 e. The number of halogens is 3. The number of amides is 1. The molecule has 194 valence electrons. The van der Waals surface area contributed by atoms with E-state index in [-0.39, 0.29) is 23.1 Å². The molecule has 0 unspecified atom stereocenters. The van der Waals surface area contributed by atoms with Crippen LogP contribution in [0.25, 0.3) is 11.0 Å². The van der Waals surface area contributed by atoms with Crippen molar-refractivity contribution < 1.29 is 23.5 Å². The van der Waals surface area contributed by atoms with Crippen LogP contribution in [0, 0.1) is 11.7 Å². The van der Waals surface area contributed by atoms with E-state index in [9.17, 15) is 4.79 Å². The second kappa shape index (κ2) is 12.3. The van der Waals surface area contributed by atoms with Crippen molar-refractivity contribution in [3.63, 3.8) is 0 Å². The Kier molecular flexibility index (Phi) is 9.19. The van der Waals surface area contributed by atoms with E-state index in [1.54, 1.807) is 35.9 Å². The van der Waals surface area contributed by atoms with E-state index in [4.69, 9.17) is 25.9 Å². The summed E-state index contributed by atoms with van der Waals surface area (Å²) >= 11 is 9.61. The molecule has 0 radical (unpaired) electrons. The van der Waals surface area contributed by atoms with Gasteiger partial charge in [-0.1, -0.05) is 40.9 Å². The molecule has 0 atom stereocenters. The normalized spacial score (nSPS) is 15.9. The van der Waals surface area contributed by atoms with Crippen LogP contribution in [0.5, 0.6) is 0 Å². The molecule has 2 aromatic carbocycles. The Morgan fingerprint density at radius 3 is 2.67 bits per heavy atom. The highest BCUT2D eigenvalue weighted by Crippen LogP contribution is 2.34. The van der Waals surface area contributed by atoms with Gasteiger partial charge in [0.25, 0.3) is 5.91 Å². The number of nitrogens with zero attached hydrogens (tertiary/aromatic N) is 2. The van der Waals surface area contributed by atoms with Crippen molar-refractivity contribution in [3.8, 4) is 0 Å². The van der Waals surface area contributed by atoms with Crippen molar-refractivity contribution in [2.45, 2.75) is 38.9 Å². The Morgan fingerprint density at radius 1 is 1.31 bits per heavy atom. The van der Waals surface area contributed by atoms with Crippen molar-refractivity contribution >= 4 is 55.8 Å². The largest absolute Gasteiger partial charge is 0.351 e. The summed E-state index contributed by atoms with van der Waals surface area (Å²) in [6.07, 6.45) is 5.95. The number of carbonyl (C=O) groups excluding carboxylic acids is 1. The quantitative estimate of drug-likeness (QED) is 0.327. The number of imidazole rings is 1. The SMILES string of the molecule is CCC1OCCO1.Cn1cnc2c(F)c(Nc3ccc(Br)cc3Cl)c(C(=O)NOCC3CCC3)cc21. The summed E-state index contributed by atoms with van der Waals surface area (Å²) < 4.78 is 27.9. The summed E-state index contributed by atoms with van der Waals surface area (Å²) in [5.41, 5.74) is 3.66. The van der Waals surface area contributed by atoms with Crippen LogP contribution in [0.3, 0.4) is 0 Å². The van der Waals surface area contributed by atoms with Gasteiger partial charge in [0.1, 0.15) is 5.52 Å². The first-order valence-corrected chi connectivity index (χ1v) is 13.0. The van der Waals surface area contributed by atoms with Gasteiger partial charge in [0.15, 0.2) is 12.1 Å². The first kappa shape index (κ1) is 26.8. The Balaban J connectivity index is 0.000000375. The van der Waals surface area contributed by atoms with Gasteiger partial charge in [-0.05, 0) is 49.4 Å². The number of hydrogen-bond acceptors (Lipinski definition) is 6. The van der Waals surface area contributed by atoms with Gasteiger partial charge < -0.3 is 19.4 Å². The number of anilines is 2. The minimum absolute atomic E-state index is 0.00910. The third-order valence-corrected chi connectivity index (χ3v) is 6.93. The number of aryl methyl sites for hydroxylation is 1. The van der Waals surface area contributed by atoms with E-state index < -0.39 is 11.7 Å². The number of rotatable bonds is 7. The lowest BCUT2D eigenvalue weighted by Crippen LogP contribution is -2.29. The first-order chi connectivity index (χ1) is 17.4. The topological polar surface area (TPSA) is 86.6 Å². The van der Waals surface area contributed by atoms with Crippen LogP contribution >= 0.6 is 27.5 Å². The minimum atomic E-state index is -0.633. The molecule has 5 rings (SSSR count). The number of hydrogen-bond donors (Lipinski definition) is 2. The van der Waals surface area contributed by atoms with Crippen LogP contribution in [-0.2, 0) is 21.4 Å². The van der Waals surface area contributed by atoms with Gasteiger partial charge in [-0.25, -0.2) is 14.9 Å². The molecular formula is C25H29BrClFN4O4. The second-order valence-electron chi connectivity index (χ2n) is 8.70. The third-order valence-electron chi connectivity index (χ3n) is 6.13. The molecule has 1 saturated carbocycles. The molecule has 2 aliphatic rings. The number of nitrogens with one attached hydrogen (secondary N) is 2. The molecule has 2 fully saturated rings. The molecule has 1 aromatic heterocycles. The van der Waals surface area contributed by atoms with Gasteiger partial charge in [0, 0.05) is 11.5 Å². The zero-order valence-corrected chi connectivity index (χ0v) is 22.5. The molecule has 3 aromatic rings. The Hall–Kier alpha value is -2.24.